The molecule has 0 aliphatic carbocycles. The Morgan fingerprint density at radius 3 is 2.21 bits per heavy atom. The third kappa shape index (κ3) is 2.60. The monoisotopic (exact) mass is 403 g/mol. The summed E-state index contributed by atoms with van der Waals surface area (Å²) in [7, 11) is 1.42. The number of fused-ring (bicyclic) bond motifs is 1. The van der Waals surface area contributed by atoms with Crippen LogP contribution in [0.4, 0.5) is 18.2 Å². The van der Waals surface area contributed by atoms with Gasteiger partial charge in [0.25, 0.3) is 11.6 Å². The minimum atomic E-state index is -3.03. The number of halogens is 3. The highest BCUT2D eigenvalue weighted by atomic mass is 32.1. The molecule has 4 nitrogen and oxygen atoms in total. The number of hydrogen-bond donors (Lipinski definition) is 1. The molecule has 1 aromatic heterocycles. The van der Waals surface area contributed by atoms with Crippen LogP contribution in [0.25, 0.3) is 11.1 Å². The van der Waals surface area contributed by atoms with Crippen LogP contribution in [-0.2, 0) is 10.5 Å². The van der Waals surface area contributed by atoms with Gasteiger partial charge in [0.05, 0.1) is 12.7 Å². The van der Waals surface area contributed by atoms with Gasteiger partial charge in [0.2, 0.25) is 5.78 Å². The van der Waals surface area contributed by atoms with E-state index in [0.29, 0.717) is 17.1 Å². The summed E-state index contributed by atoms with van der Waals surface area (Å²) in [4.78, 5) is 25.5. The van der Waals surface area contributed by atoms with Gasteiger partial charge in [-0.1, -0.05) is 35.6 Å². The van der Waals surface area contributed by atoms with E-state index in [9.17, 15) is 18.4 Å². The molecule has 1 atom stereocenters. The lowest BCUT2D eigenvalue weighted by molar-refractivity contribution is -0.125. The molecular weight excluding hydrogens is 391 g/mol. The summed E-state index contributed by atoms with van der Waals surface area (Å²) in [5.74, 6) is -2.48. The van der Waals surface area contributed by atoms with Gasteiger partial charge in [0.1, 0.15) is 16.6 Å². The van der Waals surface area contributed by atoms with Crippen molar-refractivity contribution in [3.05, 3.63) is 70.6 Å². The summed E-state index contributed by atoms with van der Waals surface area (Å²) in [5.41, 5.74) is -3.45. The van der Waals surface area contributed by atoms with E-state index in [2.05, 4.69) is 5.32 Å². The number of Topliss-reactive ketones (excluding diaryl/α,β-unsaturated/α-hetero) is 1. The second-order valence-electron chi connectivity index (χ2n) is 6.13. The van der Waals surface area contributed by atoms with Crippen molar-refractivity contribution in [1.82, 2.24) is 0 Å². The van der Waals surface area contributed by atoms with Crippen molar-refractivity contribution in [2.24, 2.45) is 0 Å². The number of thiophene rings is 1. The van der Waals surface area contributed by atoms with Crippen molar-refractivity contribution in [3.63, 3.8) is 0 Å². The zero-order valence-electron chi connectivity index (χ0n) is 14.4. The summed E-state index contributed by atoms with van der Waals surface area (Å²) in [5, 5.41) is 1.44. The number of anilines is 1. The minimum absolute atomic E-state index is 0.0754. The van der Waals surface area contributed by atoms with E-state index >= 15 is 4.39 Å². The first-order chi connectivity index (χ1) is 13.4. The quantitative estimate of drug-likeness (QED) is 0.645. The molecule has 1 unspecified atom stereocenters. The van der Waals surface area contributed by atoms with Crippen LogP contribution in [0, 0.1) is 10.9 Å². The number of nitrogens with one attached hydrogen (secondary N) is 1. The molecule has 1 aliphatic heterocycles. The standard InChI is InChI=1S/C20H12F3NO3S/c1-27-13-8-4-11(5-9-13)20(23)16(25)15-14(10-2-6-12(21)7-3-10)17(22)28-18(15)24-19(20)26/h2-9H,1H3,(H,24,26). The molecule has 142 valence electrons. The predicted molar refractivity (Wildman–Crippen MR) is 98.4 cm³/mol. The minimum Gasteiger partial charge on any atom is -0.497 e. The molecule has 0 fully saturated rings. The van der Waals surface area contributed by atoms with Crippen LogP contribution in [0.5, 0.6) is 5.75 Å². The van der Waals surface area contributed by atoms with E-state index in [0.717, 1.165) is 12.1 Å². The number of hydrogen-bond acceptors (Lipinski definition) is 4. The van der Waals surface area contributed by atoms with Crippen LogP contribution in [-0.4, -0.2) is 18.8 Å². The highest BCUT2D eigenvalue weighted by Crippen LogP contribution is 2.47. The van der Waals surface area contributed by atoms with E-state index in [1.165, 1.54) is 43.5 Å². The maximum atomic E-state index is 15.8. The van der Waals surface area contributed by atoms with Gasteiger partial charge < -0.3 is 10.1 Å². The molecule has 1 N–H and O–H groups in total. The Labute approximate surface area is 161 Å². The third-order valence-electron chi connectivity index (χ3n) is 4.57. The number of ketones is 1. The summed E-state index contributed by atoms with van der Waals surface area (Å²) < 4.78 is 48.6. The summed E-state index contributed by atoms with van der Waals surface area (Å²) in [6, 6.07) is 10.2. The SMILES string of the molecule is COc1ccc(C2(F)C(=O)Nc3sc(F)c(-c4ccc(F)cc4)c3C2=O)cc1. The van der Waals surface area contributed by atoms with Crippen molar-refractivity contribution < 1.29 is 27.5 Å². The highest BCUT2D eigenvalue weighted by Gasteiger charge is 2.54. The maximum absolute atomic E-state index is 15.8. The number of alkyl halides is 1. The lowest BCUT2D eigenvalue weighted by Crippen LogP contribution is -2.47. The lowest BCUT2D eigenvalue weighted by Gasteiger charge is -2.28. The van der Waals surface area contributed by atoms with Crippen LogP contribution in [0.1, 0.15) is 15.9 Å². The number of ether oxygens (including phenoxy) is 1. The number of carbonyl (C=O) groups excluding carboxylic acids is 2. The normalized spacial score (nSPS) is 18.6. The van der Waals surface area contributed by atoms with Crippen molar-refractivity contribution in [1.29, 1.82) is 0 Å². The number of rotatable bonds is 3. The van der Waals surface area contributed by atoms with Gasteiger partial charge in [-0.2, -0.15) is 4.39 Å². The molecule has 2 heterocycles. The number of amides is 1. The van der Waals surface area contributed by atoms with Crippen LogP contribution >= 0.6 is 11.3 Å². The van der Waals surface area contributed by atoms with E-state index in [1.54, 1.807) is 0 Å². The Hall–Kier alpha value is -3.13. The average Bonchev–Trinajstić information content (AvgIpc) is 3.02. The topological polar surface area (TPSA) is 55.4 Å². The summed E-state index contributed by atoms with van der Waals surface area (Å²) in [6.45, 7) is 0. The molecule has 0 bridgehead atoms. The van der Waals surface area contributed by atoms with E-state index in [1.807, 2.05) is 0 Å². The fourth-order valence-corrected chi connectivity index (χ4v) is 4.07. The van der Waals surface area contributed by atoms with Crippen LogP contribution < -0.4 is 10.1 Å². The van der Waals surface area contributed by atoms with E-state index in [4.69, 9.17) is 4.74 Å². The van der Waals surface area contributed by atoms with Crippen molar-refractivity contribution in [2.45, 2.75) is 5.67 Å². The molecule has 1 amide bonds. The van der Waals surface area contributed by atoms with E-state index in [-0.39, 0.29) is 27.3 Å². The van der Waals surface area contributed by atoms with Crippen molar-refractivity contribution in [3.8, 4) is 16.9 Å². The predicted octanol–water partition coefficient (Wildman–Crippen LogP) is 4.70. The first kappa shape index (κ1) is 18.2. The molecule has 2 aromatic carbocycles. The molecule has 0 saturated carbocycles. The Balaban J connectivity index is 1.88. The molecule has 8 heteroatoms. The van der Waals surface area contributed by atoms with Crippen LogP contribution in [0.3, 0.4) is 0 Å². The Morgan fingerprint density at radius 2 is 1.61 bits per heavy atom. The van der Waals surface area contributed by atoms with Crippen molar-refractivity contribution in [2.75, 3.05) is 12.4 Å². The summed E-state index contributed by atoms with van der Waals surface area (Å²) >= 11 is 0.525. The maximum Gasteiger partial charge on any atom is 0.276 e. The fourth-order valence-electron chi connectivity index (χ4n) is 3.13. The Morgan fingerprint density at radius 1 is 0.964 bits per heavy atom. The van der Waals surface area contributed by atoms with Gasteiger partial charge in [0, 0.05) is 11.1 Å². The Kier molecular flexibility index (Phi) is 4.23. The average molecular weight is 403 g/mol. The molecule has 3 aromatic rings. The first-order valence-corrected chi connectivity index (χ1v) is 8.96. The van der Waals surface area contributed by atoms with Crippen LogP contribution in [0.2, 0.25) is 0 Å². The largest absolute Gasteiger partial charge is 0.497 e. The smallest absolute Gasteiger partial charge is 0.276 e. The van der Waals surface area contributed by atoms with Gasteiger partial charge in [-0.15, -0.1) is 0 Å². The first-order valence-electron chi connectivity index (χ1n) is 8.14. The lowest BCUT2D eigenvalue weighted by atomic mass is 9.83. The van der Waals surface area contributed by atoms with E-state index < -0.39 is 28.3 Å². The number of benzene rings is 2. The second-order valence-corrected chi connectivity index (χ2v) is 7.10. The zero-order chi connectivity index (χ0) is 20.1. The van der Waals surface area contributed by atoms with Gasteiger partial charge in [-0.25, -0.2) is 8.78 Å². The van der Waals surface area contributed by atoms with Gasteiger partial charge in [0.15, 0.2) is 5.13 Å². The Bertz CT molecular complexity index is 1090. The molecule has 1 aliphatic rings. The van der Waals surface area contributed by atoms with Crippen molar-refractivity contribution >= 4 is 28.0 Å². The second kappa shape index (κ2) is 6.49. The highest BCUT2D eigenvalue weighted by molar-refractivity contribution is 7.15. The van der Waals surface area contributed by atoms with Gasteiger partial charge in [-0.3, -0.25) is 9.59 Å². The zero-order valence-corrected chi connectivity index (χ0v) is 15.2. The molecule has 0 spiro atoms. The molecule has 28 heavy (non-hydrogen) atoms. The van der Waals surface area contributed by atoms with Gasteiger partial charge in [-0.05, 0) is 29.8 Å². The van der Waals surface area contributed by atoms with Gasteiger partial charge >= 0.3 is 0 Å². The molecular formula is C20H12F3NO3S. The molecule has 4 rings (SSSR count). The number of methoxy groups -OCH3 is 1. The summed E-state index contributed by atoms with van der Waals surface area (Å²) in [6.07, 6.45) is 0. The molecule has 0 radical (unpaired) electrons. The number of carbonyl (C=O) groups is 2. The van der Waals surface area contributed by atoms with Crippen LogP contribution in [0.15, 0.2) is 48.5 Å². The third-order valence-corrected chi connectivity index (χ3v) is 5.46. The fraction of sp³-hybridized carbons (Fsp3) is 0.100. The molecule has 0 saturated heterocycles.